The maximum atomic E-state index is 11.8. The molecule has 5 heteroatoms. The van der Waals surface area contributed by atoms with Crippen molar-refractivity contribution in [2.45, 2.75) is 138 Å². The van der Waals surface area contributed by atoms with Gasteiger partial charge in [0.15, 0.2) is 0 Å². The topological polar surface area (TPSA) is 65.8 Å². The number of rotatable bonds is 17. The molecule has 0 aliphatic carbocycles. The number of benzene rings is 2. The van der Waals surface area contributed by atoms with Gasteiger partial charge in [-0.1, -0.05) is 96.9 Å². The zero-order chi connectivity index (χ0) is 31.9. The third kappa shape index (κ3) is 14.4. The van der Waals surface area contributed by atoms with Gasteiger partial charge in [0.1, 0.15) is 0 Å². The maximum absolute atomic E-state index is 11.8. The molecule has 0 unspecified atom stereocenters. The van der Waals surface area contributed by atoms with Crippen molar-refractivity contribution in [3.63, 3.8) is 0 Å². The molecule has 1 heterocycles. The molecule has 0 spiro atoms. The quantitative estimate of drug-likeness (QED) is 0.102. The van der Waals surface area contributed by atoms with E-state index in [1.54, 1.807) is 18.5 Å². The number of hydrogen-bond acceptors (Lipinski definition) is 2. The molecular formula is C39H62N2NiO2. The van der Waals surface area contributed by atoms with Crippen molar-refractivity contribution < 1.29 is 31.4 Å². The van der Waals surface area contributed by atoms with Gasteiger partial charge in [-0.2, -0.15) is 0 Å². The molecule has 2 aromatic rings. The van der Waals surface area contributed by atoms with Gasteiger partial charge >= 0.3 is 0 Å². The molecule has 250 valence electrons. The largest absolute Gasteiger partial charge is 0.493 e. The number of aliphatic hydroxyl groups is 2. The number of hydrogen-bond donors (Lipinski definition) is 2. The Labute approximate surface area is 280 Å². The summed E-state index contributed by atoms with van der Waals surface area (Å²) in [6, 6.07) is 17.9. The Morgan fingerprint density at radius 2 is 0.977 bits per heavy atom. The summed E-state index contributed by atoms with van der Waals surface area (Å²) in [5.74, 6) is 0. The fraction of sp³-hybridized carbons (Fsp3) is 0.590. The van der Waals surface area contributed by atoms with Crippen LogP contribution in [0.2, 0.25) is 0 Å². The standard InChI is InChI=1S/C35H50N2.2C2H6O.Ni/c1-5-9-13-15-18-28-23-25-30(26-24-28)34-32(21-12-8-4)33(22-14-10-6-2)35(37(34)36)31-20-16-19-29(27-31)17-11-7-3;2*1-2-3;/h16,19-20,23-27H,5-15,17-18,21-22H2,1-4H3;2*3H,2H2,1H3;. The molecule has 0 aromatic heterocycles. The van der Waals surface area contributed by atoms with Crippen LogP contribution in [-0.4, -0.2) is 28.1 Å². The van der Waals surface area contributed by atoms with Gasteiger partial charge in [0, 0.05) is 52.0 Å². The summed E-state index contributed by atoms with van der Waals surface area (Å²) in [5, 5.41) is 15.1. The minimum Gasteiger partial charge on any atom is -0.493 e. The van der Waals surface area contributed by atoms with Gasteiger partial charge in [-0.05, 0) is 101 Å². The minimum absolute atomic E-state index is 0. The van der Waals surface area contributed by atoms with Crippen molar-refractivity contribution in [3.05, 3.63) is 87.5 Å². The molecular weight excluding hydrogens is 587 g/mol. The Kier molecular flexibility index (Phi) is 25.0. The average molecular weight is 650 g/mol. The van der Waals surface area contributed by atoms with Gasteiger partial charge in [-0.15, -0.1) is 0 Å². The van der Waals surface area contributed by atoms with Gasteiger partial charge in [-0.25, -0.2) is 4.70 Å². The first-order chi connectivity index (χ1) is 21.0. The Hall–Kier alpha value is -2.07. The molecule has 0 fully saturated rings. The first-order valence-corrected chi connectivity index (χ1v) is 17.3. The summed E-state index contributed by atoms with van der Waals surface area (Å²) in [5.41, 5.74) is 21.6. The molecule has 44 heavy (non-hydrogen) atoms. The van der Waals surface area contributed by atoms with E-state index in [4.69, 9.17) is 10.2 Å². The average Bonchev–Trinajstić information content (AvgIpc) is 3.29. The van der Waals surface area contributed by atoms with Crippen LogP contribution in [0.3, 0.4) is 0 Å². The van der Waals surface area contributed by atoms with Gasteiger partial charge in [0.25, 0.3) is 0 Å². The number of unbranched alkanes of at least 4 members (excludes halogenated alkanes) is 7. The summed E-state index contributed by atoms with van der Waals surface area (Å²) >= 11 is 0. The molecule has 0 radical (unpaired) electrons. The van der Waals surface area contributed by atoms with E-state index in [0.717, 1.165) is 67.5 Å². The third-order valence-corrected chi connectivity index (χ3v) is 7.74. The number of nitrogens with zero attached hydrogens (tertiary/aromatic N) is 2. The number of aryl methyl sites for hydroxylation is 2. The van der Waals surface area contributed by atoms with Gasteiger partial charge in [-0.3, -0.25) is 0 Å². The molecule has 0 saturated carbocycles. The van der Waals surface area contributed by atoms with Crippen LogP contribution in [-0.2, 0) is 29.3 Å². The molecule has 4 nitrogen and oxygen atoms in total. The van der Waals surface area contributed by atoms with Gasteiger partial charge < -0.3 is 15.7 Å². The molecule has 1 aliphatic heterocycles. The first kappa shape index (κ1) is 41.9. The van der Waals surface area contributed by atoms with Crippen LogP contribution in [0, 0.1) is 0 Å². The number of aliphatic hydroxyl groups excluding tert-OH is 2. The molecule has 0 atom stereocenters. The molecule has 0 saturated heterocycles. The molecule has 0 bridgehead atoms. The monoisotopic (exact) mass is 648 g/mol. The molecule has 2 aromatic carbocycles. The van der Waals surface area contributed by atoms with E-state index in [2.05, 4.69) is 76.2 Å². The van der Waals surface area contributed by atoms with Crippen molar-refractivity contribution in [1.82, 2.24) is 0 Å². The SMILES string of the molecule is CCCCCCc1ccc(C2=C(CCCC)C(CCCCC)=C(c3cccc(CCCC)c3)[N+]2=[N-])cc1.CCO.CCO.[Ni]. The second-order valence-corrected chi connectivity index (χ2v) is 11.5. The summed E-state index contributed by atoms with van der Waals surface area (Å²) in [7, 11) is 0. The van der Waals surface area contributed by atoms with Gasteiger partial charge in [0.2, 0.25) is 11.4 Å². The van der Waals surface area contributed by atoms with Crippen LogP contribution in [0.25, 0.3) is 16.9 Å². The predicted octanol–water partition coefficient (Wildman–Crippen LogP) is 11.1. The van der Waals surface area contributed by atoms with Crippen molar-refractivity contribution in [3.8, 4) is 0 Å². The van der Waals surface area contributed by atoms with Crippen molar-refractivity contribution in [2.75, 3.05) is 13.2 Å². The van der Waals surface area contributed by atoms with Crippen molar-refractivity contribution in [1.29, 1.82) is 0 Å². The molecule has 2 N–H and O–H groups in total. The van der Waals surface area contributed by atoms with Gasteiger partial charge in [0.05, 0.1) is 0 Å². The smallest absolute Gasteiger partial charge is 0.211 e. The van der Waals surface area contributed by atoms with E-state index in [9.17, 15) is 5.53 Å². The van der Waals surface area contributed by atoms with E-state index in [-0.39, 0.29) is 29.7 Å². The normalized spacial score (nSPS) is 12.4. The molecule has 3 rings (SSSR count). The van der Waals surface area contributed by atoms with E-state index in [1.807, 2.05) is 0 Å². The zero-order valence-electron chi connectivity index (χ0n) is 28.7. The van der Waals surface area contributed by atoms with E-state index in [1.165, 1.54) is 73.6 Å². The molecule has 0 amide bonds. The van der Waals surface area contributed by atoms with E-state index in [0.29, 0.717) is 0 Å². The van der Waals surface area contributed by atoms with Crippen LogP contribution in [0.1, 0.15) is 147 Å². The zero-order valence-corrected chi connectivity index (χ0v) is 29.7. The van der Waals surface area contributed by atoms with Crippen LogP contribution in [0.15, 0.2) is 59.7 Å². The Balaban J connectivity index is 0.00000244. The Morgan fingerprint density at radius 3 is 1.55 bits per heavy atom. The summed E-state index contributed by atoms with van der Waals surface area (Å²) in [6.07, 6.45) is 17.7. The third-order valence-electron chi connectivity index (χ3n) is 7.74. The second-order valence-electron chi connectivity index (χ2n) is 11.5. The summed E-state index contributed by atoms with van der Waals surface area (Å²) in [4.78, 5) is 0. The van der Waals surface area contributed by atoms with Crippen LogP contribution in [0.5, 0.6) is 0 Å². The fourth-order valence-corrected chi connectivity index (χ4v) is 5.53. The number of allylic oxidation sites excluding steroid dienone is 2. The van der Waals surface area contributed by atoms with Crippen molar-refractivity contribution >= 4 is 11.4 Å². The van der Waals surface area contributed by atoms with Crippen LogP contribution >= 0.6 is 0 Å². The Morgan fingerprint density at radius 1 is 0.523 bits per heavy atom. The van der Waals surface area contributed by atoms with Crippen LogP contribution in [0.4, 0.5) is 0 Å². The van der Waals surface area contributed by atoms with Crippen molar-refractivity contribution in [2.24, 2.45) is 0 Å². The minimum atomic E-state index is 0. The fourth-order valence-electron chi connectivity index (χ4n) is 5.53. The molecule has 1 aliphatic rings. The summed E-state index contributed by atoms with van der Waals surface area (Å²) in [6.45, 7) is 12.9. The van der Waals surface area contributed by atoms with E-state index < -0.39 is 0 Å². The summed E-state index contributed by atoms with van der Waals surface area (Å²) < 4.78 is 1.54. The van der Waals surface area contributed by atoms with E-state index >= 15 is 0 Å². The maximum Gasteiger partial charge on any atom is 0.211 e. The predicted molar refractivity (Wildman–Crippen MR) is 186 cm³/mol. The van der Waals surface area contributed by atoms with Crippen LogP contribution < -0.4 is 0 Å². The Bertz CT molecular complexity index is 1100. The first-order valence-electron chi connectivity index (χ1n) is 17.3. The second kappa shape index (κ2) is 26.2.